The molecule has 1 unspecified atom stereocenters. The average Bonchev–Trinajstić information content (AvgIpc) is 1.98. The highest BCUT2D eigenvalue weighted by atomic mass is 16.6. The molecule has 0 saturated carbocycles. The number of hydrogen-bond acceptors (Lipinski definition) is 3. The van der Waals surface area contributed by atoms with Crippen LogP contribution in [-0.4, -0.2) is 30.0 Å². The normalized spacial score (nSPS) is 13.5. The molecule has 0 aromatic carbocycles. The van der Waals surface area contributed by atoms with Crippen molar-refractivity contribution >= 4 is 6.09 Å². The maximum Gasteiger partial charge on any atom is 0.407 e. The van der Waals surface area contributed by atoms with E-state index in [9.17, 15) is 4.79 Å². The summed E-state index contributed by atoms with van der Waals surface area (Å²) in [5.41, 5.74) is -0.454. The number of hydrogen-bond donors (Lipinski definition) is 2. The lowest BCUT2D eigenvalue weighted by Crippen LogP contribution is -2.34. The third-order valence-electron chi connectivity index (χ3n) is 1.62. The van der Waals surface area contributed by atoms with Crippen molar-refractivity contribution in [3.63, 3.8) is 0 Å². The molecule has 2 N–H and O–H groups in total. The second-order valence-corrected chi connectivity index (χ2v) is 4.50. The van der Waals surface area contributed by atoms with E-state index in [1.54, 1.807) is 0 Å². The van der Waals surface area contributed by atoms with Crippen LogP contribution in [0.5, 0.6) is 0 Å². The van der Waals surface area contributed by atoms with E-state index in [4.69, 9.17) is 9.84 Å². The molecule has 0 bridgehead atoms. The van der Waals surface area contributed by atoms with Gasteiger partial charge in [-0.2, -0.15) is 0 Å². The first-order valence-corrected chi connectivity index (χ1v) is 4.93. The lowest BCUT2D eigenvalue weighted by atomic mass is 10.1. The van der Waals surface area contributed by atoms with E-state index in [-0.39, 0.29) is 12.5 Å². The molecule has 84 valence electrons. The number of aliphatic hydroxyl groups excluding tert-OH is 1. The van der Waals surface area contributed by atoms with E-state index >= 15 is 0 Å². The third kappa shape index (κ3) is 7.86. The predicted molar refractivity (Wildman–Crippen MR) is 55.1 cm³/mol. The van der Waals surface area contributed by atoms with Gasteiger partial charge in [0.25, 0.3) is 0 Å². The topological polar surface area (TPSA) is 58.6 Å². The van der Waals surface area contributed by atoms with E-state index in [1.165, 1.54) is 0 Å². The van der Waals surface area contributed by atoms with Crippen LogP contribution in [0.4, 0.5) is 4.79 Å². The average molecular weight is 203 g/mol. The van der Waals surface area contributed by atoms with Crippen molar-refractivity contribution in [1.29, 1.82) is 0 Å². The molecule has 4 heteroatoms. The predicted octanol–water partition coefficient (Wildman–Crippen LogP) is 1.53. The minimum atomic E-state index is -0.454. The van der Waals surface area contributed by atoms with Crippen LogP contribution < -0.4 is 5.32 Å². The number of aliphatic hydroxyl groups is 1. The van der Waals surface area contributed by atoms with E-state index in [2.05, 4.69) is 5.32 Å². The highest BCUT2D eigenvalue weighted by Gasteiger charge is 2.16. The van der Waals surface area contributed by atoms with Crippen molar-refractivity contribution in [3.05, 3.63) is 0 Å². The largest absolute Gasteiger partial charge is 0.444 e. The first-order valence-electron chi connectivity index (χ1n) is 4.93. The number of nitrogens with one attached hydrogen (secondary N) is 1. The highest BCUT2D eigenvalue weighted by Crippen LogP contribution is 2.06. The Morgan fingerprint density at radius 3 is 2.50 bits per heavy atom. The summed E-state index contributed by atoms with van der Waals surface area (Å²) in [6.07, 6.45) is 0.290. The summed E-state index contributed by atoms with van der Waals surface area (Å²) in [4.78, 5) is 11.2. The van der Waals surface area contributed by atoms with Gasteiger partial charge in [0, 0.05) is 13.2 Å². The first-order chi connectivity index (χ1) is 6.35. The van der Waals surface area contributed by atoms with E-state index < -0.39 is 11.7 Å². The summed E-state index contributed by atoms with van der Waals surface area (Å²) < 4.78 is 5.05. The number of ether oxygens (including phenoxy) is 1. The zero-order valence-electron chi connectivity index (χ0n) is 9.46. The Hall–Kier alpha value is -0.770. The van der Waals surface area contributed by atoms with Crippen LogP contribution in [0, 0.1) is 5.92 Å². The summed E-state index contributed by atoms with van der Waals surface area (Å²) in [7, 11) is 0. The van der Waals surface area contributed by atoms with Gasteiger partial charge in [-0.3, -0.25) is 0 Å². The monoisotopic (exact) mass is 203 g/mol. The molecule has 0 saturated heterocycles. The minimum Gasteiger partial charge on any atom is -0.444 e. The van der Waals surface area contributed by atoms with Gasteiger partial charge in [-0.1, -0.05) is 6.92 Å². The molecular weight excluding hydrogens is 182 g/mol. The summed E-state index contributed by atoms with van der Waals surface area (Å²) >= 11 is 0. The Morgan fingerprint density at radius 1 is 1.50 bits per heavy atom. The molecule has 0 aliphatic carbocycles. The molecule has 0 aliphatic rings. The molecule has 0 spiro atoms. The number of alkyl carbamates (subject to hydrolysis) is 1. The minimum absolute atomic E-state index is 0.150. The molecule has 0 radical (unpaired) electrons. The van der Waals surface area contributed by atoms with Gasteiger partial charge in [0.15, 0.2) is 0 Å². The maximum absolute atomic E-state index is 11.2. The van der Waals surface area contributed by atoms with Crippen LogP contribution in [0.15, 0.2) is 0 Å². The van der Waals surface area contributed by atoms with Crippen LogP contribution in [-0.2, 0) is 4.74 Å². The Kier molecular flexibility index (Phi) is 5.53. The molecule has 0 aliphatic heterocycles. The third-order valence-corrected chi connectivity index (χ3v) is 1.62. The number of carbonyl (C=O) groups excluding carboxylic acids is 1. The Labute approximate surface area is 85.6 Å². The van der Waals surface area contributed by atoms with Crippen LogP contribution >= 0.6 is 0 Å². The van der Waals surface area contributed by atoms with Gasteiger partial charge >= 0.3 is 6.09 Å². The van der Waals surface area contributed by atoms with Crippen LogP contribution in [0.2, 0.25) is 0 Å². The Morgan fingerprint density at radius 2 is 2.07 bits per heavy atom. The van der Waals surface area contributed by atoms with E-state index in [1.807, 2.05) is 27.7 Å². The number of rotatable bonds is 4. The first kappa shape index (κ1) is 13.2. The fourth-order valence-electron chi connectivity index (χ4n) is 0.894. The summed E-state index contributed by atoms with van der Waals surface area (Å²) in [5, 5.41) is 11.3. The fraction of sp³-hybridized carbons (Fsp3) is 0.900. The van der Waals surface area contributed by atoms with Crippen LogP contribution in [0.25, 0.3) is 0 Å². The number of amides is 1. The molecule has 0 fully saturated rings. The molecule has 14 heavy (non-hydrogen) atoms. The van der Waals surface area contributed by atoms with Crippen molar-refractivity contribution in [3.8, 4) is 0 Å². The van der Waals surface area contributed by atoms with Crippen molar-refractivity contribution in [2.24, 2.45) is 5.92 Å². The standard InChI is InChI=1S/C10H21NO3/c1-8(5-6-12)7-11-9(13)14-10(2,3)4/h8,12H,5-7H2,1-4H3,(H,11,13). The second kappa shape index (κ2) is 5.86. The Bertz CT molecular complexity index is 175. The van der Waals surface area contributed by atoms with Gasteiger partial charge in [0.2, 0.25) is 0 Å². The lowest BCUT2D eigenvalue weighted by Gasteiger charge is -2.20. The maximum atomic E-state index is 11.2. The van der Waals surface area contributed by atoms with Crippen LogP contribution in [0.3, 0.4) is 0 Å². The zero-order valence-corrected chi connectivity index (χ0v) is 9.46. The van der Waals surface area contributed by atoms with Crippen molar-refractivity contribution < 1.29 is 14.6 Å². The SMILES string of the molecule is CC(CCO)CNC(=O)OC(C)(C)C. The van der Waals surface area contributed by atoms with Crippen molar-refractivity contribution in [1.82, 2.24) is 5.32 Å². The van der Waals surface area contributed by atoms with Crippen LogP contribution in [0.1, 0.15) is 34.1 Å². The highest BCUT2D eigenvalue weighted by molar-refractivity contribution is 5.67. The lowest BCUT2D eigenvalue weighted by molar-refractivity contribution is 0.0518. The zero-order chi connectivity index (χ0) is 11.2. The number of carbonyl (C=O) groups is 1. The quantitative estimate of drug-likeness (QED) is 0.728. The van der Waals surface area contributed by atoms with E-state index in [0.29, 0.717) is 13.0 Å². The molecule has 1 atom stereocenters. The van der Waals surface area contributed by atoms with Gasteiger partial charge in [0.05, 0.1) is 0 Å². The van der Waals surface area contributed by atoms with Gasteiger partial charge < -0.3 is 15.2 Å². The summed E-state index contributed by atoms with van der Waals surface area (Å²) in [6.45, 7) is 8.12. The van der Waals surface area contributed by atoms with Gasteiger partial charge in [0.1, 0.15) is 5.60 Å². The second-order valence-electron chi connectivity index (χ2n) is 4.50. The summed E-state index contributed by atoms with van der Waals surface area (Å²) in [6, 6.07) is 0. The molecule has 0 aromatic heterocycles. The van der Waals surface area contributed by atoms with Gasteiger partial charge in [-0.15, -0.1) is 0 Å². The molecular formula is C10H21NO3. The summed E-state index contributed by atoms with van der Waals surface area (Å²) in [5.74, 6) is 0.271. The van der Waals surface area contributed by atoms with Crippen molar-refractivity contribution in [2.45, 2.75) is 39.7 Å². The molecule has 0 heterocycles. The molecule has 1 amide bonds. The van der Waals surface area contributed by atoms with Gasteiger partial charge in [-0.25, -0.2) is 4.79 Å². The smallest absolute Gasteiger partial charge is 0.407 e. The Balaban J connectivity index is 3.64. The van der Waals surface area contributed by atoms with Gasteiger partial charge in [-0.05, 0) is 33.1 Å². The molecule has 0 aromatic rings. The van der Waals surface area contributed by atoms with E-state index in [0.717, 1.165) is 0 Å². The molecule has 4 nitrogen and oxygen atoms in total. The molecule has 0 rings (SSSR count). The fourth-order valence-corrected chi connectivity index (χ4v) is 0.894. The van der Waals surface area contributed by atoms with Crippen molar-refractivity contribution in [2.75, 3.05) is 13.2 Å².